The van der Waals surface area contributed by atoms with E-state index in [0.717, 1.165) is 4.68 Å². The Morgan fingerprint density at radius 1 is 1.16 bits per heavy atom. The number of nitrogens with zero attached hydrogens (tertiary/aromatic N) is 2. The smallest absolute Gasteiger partial charge is 0.328 e. The second-order valence-electron chi connectivity index (χ2n) is 6.27. The average molecular weight is 445 g/mol. The van der Waals surface area contributed by atoms with E-state index in [1.807, 2.05) is 0 Å². The van der Waals surface area contributed by atoms with Gasteiger partial charge in [-0.05, 0) is 24.3 Å². The van der Waals surface area contributed by atoms with Gasteiger partial charge in [0.2, 0.25) is 0 Å². The van der Waals surface area contributed by atoms with Crippen molar-refractivity contribution < 1.29 is 23.9 Å². The third-order valence-electron chi connectivity index (χ3n) is 4.18. The highest BCUT2D eigenvalue weighted by Gasteiger charge is 2.17. The third kappa shape index (κ3) is 4.98. The summed E-state index contributed by atoms with van der Waals surface area (Å²) in [6, 6.07) is 10.9. The zero-order chi connectivity index (χ0) is 22.5. The van der Waals surface area contributed by atoms with Crippen molar-refractivity contribution in [3.05, 3.63) is 63.5 Å². The molecule has 31 heavy (non-hydrogen) atoms. The second kappa shape index (κ2) is 9.26. The van der Waals surface area contributed by atoms with Crippen LogP contribution in [0.25, 0.3) is 10.8 Å². The maximum Gasteiger partial charge on any atom is 0.328 e. The van der Waals surface area contributed by atoms with Crippen LogP contribution in [0.1, 0.15) is 10.5 Å². The van der Waals surface area contributed by atoms with Gasteiger partial charge in [-0.15, -0.1) is 0 Å². The summed E-state index contributed by atoms with van der Waals surface area (Å²) in [4.78, 5) is 48.5. The Morgan fingerprint density at radius 2 is 1.87 bits per heavy atom. The lowest BCUT2D eigenvalue weighted by Crippen LogP contribution is -2.32. The lowest BCUT2D eigenvalue weighted by atomic mass is 10.1. The summed E-state index contributed by atoms with van der Waals surface area (Å²) in [5, 5.41) is 7.20. The van der Waals surface area contributed by atoms with E-state index in [2.05, 4.69) is 10.4 Å². The van der Waals surface area contributed by atoms with Gasteiger partial charge in [0, 0.05) is 10.4 Å². The SMILES string of the molecule is COc1ccc(Cl)cc1NC(=O)COC(=O)Cn1nc(C(N)=O)c2ccccc2c1=O. The molecule has 3 rings (SSSR count). The minimum Gasteiger partial charge on any atom is -0.495 e. The highest BCUT2D eigenvalue weighted by molar-refractivity contribution is 6.31. The van der Waals surface area contributed by atoms with Crippen LogP contribution in [-0.2, 0) is 20.9 Å². The number of amides is 2. The molecule has 160 valence electrons. The molecule has 2 amide bonds. The fourth-order valence-electron chi connectivity index (χ4n) is 2.80. The molecule has 1 heterocycles. The number of primary amides is 1. The lowest BCUT2D eigenvalue weighted by molar-refractivity contribution is -0.148. The zero-order valence-electron chi connectivity index (χ0n) is 16.3. The molecule has 0 saturated carbocycles. The number of benzene rings is 2. The van der Waals surface area contributed by atoms with Crippen molar-refractivity contribution >= 4 is 45.8 Å². The van der Waals surface area contributed by atoms with Gasteiger partial charge in [0.1, 0.15) is 12.3 Å². The van der Waals surface area contributed by atoms with Gasteiger partial charge in [-0.2, -0.15) is 5.10 Å². The van der Waals surface area contributed by atoms with Gasteiger partial charge in [-0.25, -0.2) is 4.68 Å². The van der Waals surface area contributed by atoms with Crippen molar-refractivity contribution in [3.8, 4) is 5.75 Å². The number of nitrogens with one attached hydrogen (secondary N) is 1. The minimum absolute atomic E-state index is 0.159. The number of rotatable bonds is 7. The number of anilines is 1. The first-order chi connectivity index (χ1) is 14.8. The number of aromatic nitrogens is 2. The molecule has 0 saturated heterocycles. The fourth-order valence-corrected chi connectivity index (χ4v) is 2.97. The van der Waals surface area contributed by atoms with Gasteiger partial charge in [0.05, 0.1) is 18.2 Å². The van der Waals surface area contributed by atoms with Crippen LogP contribution in [0.4, 0.5) is 5.69 Å². The van der Waals surface area contributed by atoms with E-state index in [4.69, 9.17) is 26.8 Å². The molecule has 0 spiro atoms. The van der Waals surface area contributed by atoms with E-state index < -0.39 is 36.5 Å². The number of methoxy groups -OCH3 is 1. The predicted octanol–water partition coefficient (Wildman–Crippen LogP) is 1.34. The van der Waals surface area contributed by atoms with Crippen LogP contribution in [0.3, 0.4) is 0 Å². The standard InChI is InChI=1S/C20H17ClN4O6/c1-30-15-7-6-11(21)8-14(15)23-16(26)10-31-17(27)9-25-20(29)13-5-3-2-4-12(13)18(24-25)19(22)28/h2-8H,9-10H2,1H3,(H2,22,28)(H,23,26). The highest BCUT2D eigenvalue weighted by Crippen LogP contribution is 2.27. The fraction of sp³-hybridized carbons (Fsp3) is 0.150. The van der Waals surface area contributed by atoms with E-state index in [1.165, 1.54) is 25.3 Å². The number of hydrogen-bond acceptors (Lipinski definition) is 7. The summed E-state index contributed by atoms with van der Waals surface area (Å²) in [6.45, 7) is -1.24. The Bertz CT molecular complexity index is 1240. The molecular formula is C20H17ClN4O6. The largest absolute Gasteiger partial charge is 0.495 e. The first-order valence-corrected chi connectivity index (χ1v) is 9.26. The van der Waals surface area contributed by atoms with Crippen molar-refractivity contribution in [2.45, 2.75) is 6.54 Å². The van der Waals surface area contributed by atoms with Gasteiger partial charge in [0.15, 0.2) is 12.3 Å². The van der Waals surface area contributed by atoms with Crippen LogP contribution in [0, 0.1) is 0 Å². The summed E-state index contributed by atoms with van der Waals surface area (Å²) >= 11 is 5.90. The molecule has 0 bridgehead atoms. The minimum atomic E-state index is -0.909. The summed E-state index contributed by atoms with van der Waals surface area (Å²) in [7, 11) is 1.42. The molecule has 0 aliphatic carbocycles. The summed E-state index contributed by atoms with van der Waals surface area (Å²) < 4.78 is 10.8. The zero-order valence-corrected chi connectivity index (χ0v) is 17.0. The molecule has 3 aromatic rings. The molecule has 2 aromatic carbocycles. The molecule has 11 heteroatoms. The quantitative estimate of drug-likeness (QED) is 0.523. The van der Waals surface area contributed by atoms with Gasteiger partial charge in [-0.1, -0.05) is 29.8 Å². The maximum absolute atomic E-state index is 12.6. The van der Waals surface area contributed by atoms with E-state index in [9.17, 15) is 19.2 Å². The van der Waals surface area contributed by atoms with Crippen LogP contribution < -0.4 is 21.3 Å². The van der Waals surface area contributed by atoms with Crippen LogP contribution in [0.2, 0.25) is 5.02 Å². The number of nitrogens with two attached hydrogens (primary N) is 1. The van der Waals surface area contributed by atoms with Crippen molar-refractivity contribution in [1.29, 1.82) is 0 Å². The Balaban J connectivity index is 1.70. The van der Waals surface area contributed by atoms with Gasteiger partial charge in [-0.3, -0.25) is 19.2 Å². The van der Waals surface area contributed by atoms with Gasteiger partial charge >= 0.3 is 5.97 Å². The topological polar surface area (TPSA) is 143 Å². The lowest BCUT2D eigenvalue weighted by Gasteiger charge is -2.11. The Kier molecular flexibility index (Phi) is 6.51. The maximum atomic E-state index is 12.6. The molecule has 0 unspecified atom stereocenters. The van der Waals surface area contributed by atoms with Crippen molar-refractivity contribution in [2.75, 3.05) is 19.0 Å². The van der Waals surface area contributed by atoms with Crippen molar-refractivity contribution in [2.24, 2.45) is 5.73 Å². The number of carbonyl (C=O) groups excluding carboxylic acids is 3. The van der Waals surface area contributed by atoms with Crippen LogP contribution in [0.5, 0.6) is 5.75 Å². The molecule has 0 fully saturated rings. The van der Waals surface area contributed by atoms with E-state index in [-0.39, 0.29) is 16.5 Å². The molecule has 1 aromatic heterocycles. The predicted molar refractivity (Wildman–Crippen MR) is 112 cm³/mol. The van der Waals surface area contributed by atoms with Crippen LogP contribution in [0.15, 0.2) is 47.3 Å². The molecule has 3 N–H and O–H groups in total. The first kappa shape index (κ1) is 21.8. The summed E-state index contributed by atoms with van der Waals surface area (Å²) in [6.07, 6.45) is 0. The third-order valence-corrected chi connectivity index (χ3v) is 4.41. The van der Waals surface area contributed by atoms with Crippen molar-refractivity contribution in [3.63, 3.8) is 0 Å². The van der Waals surface area contributed by atoms with Crippen LogP contribution >= 0.6 is 11.6 Å². The number of hydrogen-bond donors (Lipinski definition) is 2. The summed E-state index contributed by atoms with van der Waals surface area (Å²) in [5.41, 5.74) is 4.87. The van der Waals surface area contributed by atoms with Gasteiger partial charge in [0.25, 0.3) is 17.4 Å². The summed E-state index contributed by atoms with van der Waals surface area (Å²) in [5.74, 6) is -2.04. The Morgan fingerprint density at radius 3 is 2.55 bits per heavy atom. The number of ether oxygens (including phenoxy) is 2. The van der Waals surface area contributed by atoms with E-state index in [1.54, 1.807) is 24.3 Å². The van der Waals surface area contributed by atoms with E-state index >= 15 is 0 Å². The number of esters is 1. The van der Waals surface area contributed by atoms with Crippen LogP contribution in [-0.4, -0.2) is 41.3 Å². The van der Waals surface area contributed by atoms with Gasteiger partial charge < -0.3 is 20.5 Å². The Hall–Kier alpha value is -3.92. The average Bonchev–Trinajstić information content (AvgIpc) is 2.74. The number of fused-ring (bicyclic) bond motifs is 1. The first-order valence-electron chi connectivity index (χ1n) is 8.89. The molecule has 0 radical (unpaired) electrons. The highest BCUT2D eigenvalue weighted by atomic mass is 35.5. The number of halogens is 1. The second-order valence-corrected chi connectivity index (χ2v) is 6.71. The molecule has 0 aliphatic heterocycles. The Labute approximate surface area is 180 Å². The van der Waals surface area contributed by atoms with E-state index in [0.29, 0.717) is 16.5 Å². The monoisotopic (exact) mass is 444 g/mol. The van der Waals surface area contributed by atoms with Crippen molar-refractivity contribution in [1.82, 2.24) is 9.78 Å². The normalized spacial score (nSPS) is 10.5. The number of carbonyl (C=O) groups is 3. The molecule has 0 atom stereocenters. The molecule has 0 aliphatic rings. The molecule has 10 nitrogen and oxygen atoms in total. The molecular weight excluding hydrogens is 428 g/mol.